The molecule has 0 bridgehead atoms. The van der Waals surface area contributed by atoms with Crippen LogP contribution in [-0.2, 0) is 11.2 Å². The Morgan fingerprint density at radius 1 is 1.12 bits per heavy atom. The number of hydrogen-bond donors (Lipinski definition) is 0. The summed E-state index contributed by atoms with van der Waals surface area (Å²) in [5.41, 5.74) is 2.71. The summed E-state index contributed by atoms with van der Waals surface area (Å²) in [6.45, 7) is 1.05. The molecule has 0 saturated heterocycles. The monoisotopic (exact) mass is 215 g/mol. The summed E-state index contributed by atoms with van der Waals surface area (Å²) < 4.78 is 0. The molecule has 2 nitrogen and oxygen atoms in total. The van der Waals surface area contributed by atoms with E-state index in [4.69, 9.17) is 0 Å². The third kappa shape index (κ3) is 1.53. The molecule has 0 spiro atoms. The Labute approximate surface area is 96.3 Å². The lowest BCUT2D eigenvalue weighted by atomic mass is 9.99. The molecule has 0 radical (unpaired) electrons. The highest BCUT2D eigenvalue weighted by atomic mass is 16.1. The van der Waals surface area contributed by atoms with E-state index in [1.165, 1.54) is 17.7 Å². The lowest BCUT2D eigenvalue weighted by Gasteiger charge is -2.35. The normalized spacial score (nSPS) is 24.6. The van der Waals surface area contributed by atoms with E-state index in [1.807, 2.05) is 0 Å². The molecule has 1 heterocycles. The Morgan fingerprint density at radius 3 is 2.81 bits per heavy atom. The molecule has 1 atom stereocenters. The first-order valence-corrected chi connectivity index (χ1v) is 6.23. The van der Waals surface area contributed by atoms with E-state index in [0.29, 0.717) is 5.78 Å². The van der Waals surface area contributed by atoms with Crippen molar-refractivity contribution < 1.29 is 4.79 Å². The fourth-order valence-corrected chi connectivity index (χ4v) is 3.01. The maximum Gasteiger partial charge on any atom is 0.155 e. The van der Waals surface area contributed by atoms with Crippen LogP contribution in [0.1, 0.15) is 31.2 Å². The van der Waals surface area contributed by atoms with Crippen LogP contribution in [0, 0.1) is 0 Å². The molecule has 3 rings (SSSR count). The van der Waals surface area contributed by atoms with Gasteiger partial charge in [-0.2, -0.15) is 0 Å². The molecule has 0 aromatic heterocycles. The van der Waals surface area contributed by atoms with E-state index in [9.17, 15) is 4.79 Å². The van der Waals surface area contributed by atoms with Crippen LogP contribution in [0.3, 0.4) is 0 Å². The van der Waals surface area contributed by atoms with Gasteiger partial charge in [0.15, 0.2) is 5.78 Å². The maximum absolute atomic E-state index is 11.8. The Morgan fingerprint density at radius 2 is 2.00 bits per heavy atom. The molecule has 1 fully saturated rings. The van der Waals surface area contributed by atoms with Crippen LogP contribution < -0.4 is 4.90 Å². The quantitative estimate of drug-likeness (QED) is 0.717. The van der Waals surface area contributed by atoms with Crippen molar-refractivity contribution >= 4 is 11.5 Å². The number of carbonyl (C=O) groups excluding carboxylic acids is 1. The number of hydrogen-bond acceptors (Lipinski definition) is 2. The van der Waals surface area contributed by atoms with Gasteiger partial charge in [0.25, 0.3) is 0 Å². The summed E-state index contributed by atoms with van der Waals surface area (Å²) in [7, 11) is 0. The van der Waals surface area contributed by atoms with Gasteiger partial charge in [0.1, 0.15) is 0 Å². The number of nitrogens with zero attached hydrogens (tertiary/aromatic N) is 1. The van der Waals surface area contributed by atoms with Gasteiger partial charge in [-0.3, -0.25) is 4.79 Å². The first-order chi connectivity index (χ1) is 7.86. The second kappa shape index (κ2) is 3.93. The number of benzene rings is 1. The molecule has 2 heteroatoms. The topological polar surface area (TPSA) is 20.3 Å². The van der Waals surface area contributed by atoms with Gasteiger partial charge in [0.05, 0.1) is 6.04 Å². The van der Waals surface area contributed by atoms with E-state index in [2.05, 4.69) is 29.2 Å². The number of para-hydroxylation sites is 1. The average molecular weight is 215 g/mol. The fraction of sp³-hybridized carbons (Fsp3) is 0.500. The van der Waals surface area contributed by atoms with Crippen molar-refractivity contribution in [2.75, 3.05) is 11.4 Å². The van der Waals surface area contributed by atoms with Crippen LogP contribution in [0.25, 0.3) is 0 Å². The van der Waals surface area contributed by atoms with Crippen LogP contribution in [0.15, 0.2) is 24.3 Å². The SMILES string of the molecule is O=C1CCCC1N1CCCc2ccccc21. The van der Waals surface area contributed by atoms with Crippen LogP contribution >= 0.6 is 0 Å². The van der Waals surface area contributed by atoms with Gasteiger partial charge in [-0.15, -0.1) is 0 Å². The lowest BCUT2D eigenvalue weighted by molar-refractivity contribution is -0.118. The lowest BCUT2D eigenvalue weighted by Crippen LogP contribution is -2.41. The smallest absolute Gasteiger partial charge is 0.155 e. The average Bonchev–Trinajstić information content (AvgIpc) is 2.75. The minimum atomic E-state index is 0.168. The molecular weight excluding hydrogens is 198 g/mol. The van der Waals surface area contributed by atoms with E-state index < -0.39 is 0 Å². The summed E-state index contributed by atoms with van der Waals surface area (Å²) >= 11 is 0. The van der Waals surface area contributed by atoms with Crippen molar-refractivity contribution in [1.29, 1.82) is 0 Å². The highest BCUT2D eigenvalue weighted by Crippen LogP contribution is 2.32. The minimum Gasteiger partial charge on any atom is -0.361 e. The van der Waals surface area contributed by atoms with Crippen molar-refractivity contribution in [1.82, 2.24) is 0 Å². The third-order valence-electron chi connectivity index (χ3n) is 3.79. The molecule has 84 valence electrons. The summed E-state index contributed by atoms with van der Waals surface area (Å²) in [4.78, 5) is 14.2. The Bertz CT molecular complexity index is 413. The van der Waals surface area contributed by atoms with E-state index >= 15 is 0 Å². The zero-order chi connectivity index (χ0) is 11.0. The van der Waals surface area contributed by atoms with E-state index in [0.717, 1.165) is 32.2 Å². The first kappa shape index (κ1) is 9.88. The van der Waals surface area contributed by atoms with E-state index in [-0.39, 0.29) is 6.04 Å². The molecule has 16 heavy (non-hydrogen) atoms. The minimum absolute atomic E-state index is 0.168. The molecule has 0 N–H and O–H groups in total. The Hall–Kier alpha value is -1.31. The standard InChI is InChI=1S/C14H17NO/c16-14-9-3-8-13(14)15-10-4-6-11-5-1-2-7-12(11)15/h1-2,5,7,13H,3-4,6,8-10H2. The van der Waals surface area contributed by atoms with Gasteiger partial charge in [0, 0.05) is 18.7 Å². The van der Waals surface area contributed by atoms with Gasteiger partial charge in [-0.1, -0.05) is 18.2 Å². The second-order valence-electron chi connectivity index (χ2n) is 4.80. The highest BCUT2D eigenvalue weighted by Gasteiger charge is 2.32. The first-order valence-electron chi connectivity index (χ1n) is 6.23. The number of fused-ring (bicyclic) bond motifs is 1. The van der Waals surface area contributed by atoms with Crippen LogP contribution in [0.5, 0.6) is 0 Å². The van der Waals surface area contributed by atoms with Crippen molar-refractivity contribution in [3.8, 4) is 0 Å². The number of ketones is 1. The molecule has 1 aromatic carbocycles. The zero-order valence-corrected chi connectivity index (χ0v) is 9.48. The molecule has 1 saturated carbocycles. The summed E-state index contributed by atoms with van der Waals surface area (Å²) in [5.74, 6) is 0.441. The molecule has 0 amide bonds. The molecule has 1 unspecified atom stereocenters. The van der Waals surface area contributed by atoms with Crippen LogP contribution in [-0.4, -0.2) is 18.4 Å². The van der Waals surface area contributed by atoms with Crippen molar-refractivity contribution in [3.05, 3.63) is 29.8 Å². The highest BCUT2D eigenvalue weighted by molar-refractivity contribution is 5.89. The third-order valence-corrected chi connectivity index (χ3v) is 3.79. The number of anilines is 1. The van der Waals surface area contributed by atoms with Gasteiger partial charge in [0.2, 0.25) is 0 Å². The molecule has 2 aliphatic rings. The van der Waals surface area contributed by atoms with Crippen molar-refractivity contribution in [3.63, 3.8) is 0 Å². The van der Waals surface area contributed by atoms with E-state index in [1.54, 1.807) is 0 Å². The molecule has 1 aliphatic carbocycles. The maximum atomic E-state index is 11.8. The largest absolute Gasteiger partial charge is 0.361 e. The van der Waals surface area contributed by atoms with Crippen LogP contribution in [0.4, 0.5) is 5.69 Å². The number of rotatable bonds is 1. The van der Waals surface area contributed by atoms with Gasteiger partial charge in [-0.25, -0.2) is 0 Å². The summed E-state index contributed by atoms with van der Waals surface area (Å²) in [5, 5.41) is 0. The van der Waals surface area contributed by atoms with Crippen LogP contribution in [0.2, 0.25) is 0 Å². The second-order valence-corrected chi connectivity index (χ2v) is 4.80. The summed E-state index contributed by atoms with van der Waals surface area (Å²) in [6.07, 6.45) is 5.24. The predicted octanol–water partition coefficient (Wildman–Crippen LogP) is 2.56. The Kier molecular flexibility index (Phi) is 2.43. The zero-order valence-electron chi connectivity index (χ0n) is 9.48. The number of aryl methyl sites for hydroxylation is 1. The van der Waals surface area contributed by atoms with Crippen molar-refractivity contribution in [2.24, 2.45) is 0 Å². The molecule has 1 aromatic rings. The predicted molar refractivity (Wildman–Crippen MR) is 64.8 cm³/mol. The van der Waals surface area contributed by atoms with Gasteiger partial charge >= 0.3 is 0 Å². The van der Waals surface area contributed by atoms with Gasteiger partial charge in [-0.05, 0) is 37.3 Å². The van der Waals surface area contributed by atoms with Gasteiger partial charge < -0.3 is 4.90 Å². The fourth-order valence-electron chi connectivity index (χ4n) is 3.01. The number of carbonyl (C=O) groups is 1. The molecular formula is C14H17NO. The molecule has 1 aliphatic heterocycles. The van der Waals surface area contributed by atoms with Crippen molar-refractivity contribution in [2.45, 2.75) is 38.1 Å². The summed E-state index contributed by atoms with van der Waals surface area (Å²) in [6, 6.07) is 8.71. The number of Topliss-reactive ketones (excluding diaryl/α,β-unsaturated/α-hetero) is 1. The Balaban J connectivity index is 1.95.